The van der Waals surface area contributed by atoms with E-state index in [-0.39, 0.29) is 11.8 Å². The summed E-state index contributed by atoms with van der Waals surface area (Å²) < 4.78 is 6.01. The molecule has 0 spiro atoms. The molecule has 1 atom stereocenters. The predicted molar refractivity (Wildman–Crippen MR) is 126 cm³/mol. The quantitative estimate of drug-likeness (QED) is 0.308. The summed E-state index contributed by atoms with van der Waals surface area (Å²) in [5, 5.41) is 6.01. The molecule has 5 heteroatoms. The van der Waals surface area contributed by atoms with Crippen LogP contribution in [0.15, 0.2) is 66.6 Å². The van der Waals surface area contributed by atoms with Gasteiger partial charge in [0.25, 0.3) is 5.91 Å². The molecule has 0 saturated heterocycles. The molecule has 1 unspecified atom stereocenters. The Morgan fingerprint density at radius 3 is 2.84 bits per heavy atom. The Hall–Kier alpha value is -3.05. The molecular weight excluding hydrogens is 386 g/mol. The van der Waals surface area contributed by atoms with Gasteiger partial charge in [0.15, 0.2) is 5.88 Å². The van der Waals surface area contributed by atoms with Crippen molar-refractivity contribution in [1.82, 2.24) is 10.6 Å². The van der Waals surface area contributed by atoms with Gasteiger partial charge in [-0.15, -0.1) is 0 Å². The fraction of sp³-hybridized carbons (Fsp3) is 0.346. The predicted octanol–water partition coefficient (Wildman–Crippen LogP) is 4.05. The minimum Gasteiger partial charge on any atom is -0.441 e. The van der Waals surface area contributed by atoms with Gasteiger partial charge in [0, 0.05) is 19.2 Å². The Labute approximate surface area is 185 Å². The maximum atomic E-state index is 12.3. The average Bonchev–Trinajstić information content (AvgIpc) is 3.26. The number of allylic oxidation sites excluding steroid dienone is 3. The number of fused-ring (bicyclic) bond motifs is 1. The normalized spacial score (nSPS) is 14.4. The smallest absolute Gasteiger partial charge is 0.251 e. The van der Waals surface area contributed by atoms with Crippen molar-refractivity contribution in [3.8, 4) is 5.75 Å². The third-order valence-electron chi connectivity index (χ3n) is 5.53. The Balaban J connectivity index is 1.61. The number of amides is 1. The van der Waals surface area contributed by atoms with Crippen LogP contribution in [-0.4, -0.2) is 26.0 Å². The van der Waals surface area contributed by atoms with Crippen molar-refractivity contribution in [3.63, 3.8) is 0 Å². The van der Waals surface area contributed by atoms with Gasteiger partial charge in [0.05, 0.1) is 0 Å². The molecule has 0 aromatic heterocycles. The molecule has 164 valence electrons. The summed E-state index contributed by atoms with van der Waals surface area (Å²) in [5.41, 5.74) is 10.1. The summed E-state index contributed by atoms with van der Waals surface area (Å²) in [6.07, 6.45) is 10.3. The largest absolute Gasteiger partial charge is 0.441 e. The van der Waals surface area contributed by atoms with Gasteiger partial charge in [-0.3, -0.25) is 4.79 Å². The van der Waals surface area contributed by atoms with E-state index in [1.54, 1.807) is 0 Å². The minimum atomic E-state index is -0.0633. The summed E-state index contributed by atoms with van der Waals surface area (Å²) in [6.45, 7) is 3.27. The van der Waals surface area contributed by atoms with Crippen molar-refractivity contribution in [1.29, 1.82) is 0 Å². The molecule has 0 saturated carbocycles. The minimum absolute atomic E-state index is 0.0633. The Bertz CT molecular complexity index is 949. The second-order valence-corrected chi connectivity index (χ2v) is 7.86. The standard InChI is InChI=1S/C26H33N3O2/c1-19(21-9-5-11-23(17-21)26(30)29-16-6-15-27)7-3-12-25(28-2)31-24-14-13-20-8-4-10-22(20)18-24/h3,5,7,9,11-14,17-19,28H,4,6,8,10,15-16,27H2,1-2H3,(H,29,30)/b7-3-,25-12+. The molecule has 0 heterocycles. The first-order chi connectivity index (χ1) is 15.1. The van der Waals surface area contributed by atoms with Crippen molar-refractivity contribution in [2.24, 2.45) is 5.73 Å². The topological polar surface area (TPSA) is 76.4 Å². The first-order valence-corrected chi connectivity index (χ1v) is 11.0. The van der Waals surface area contributed by atoms with E-state index < -0.39 is 0 Å². The number of ether oxygens (including phenoxy) is 1. The van der Waals surface area contributed by atoms with E-state index in [1.807, 2.05) is 49.5 Å². The van der Waals surface area contributed by atoms with Crippen molar-refractivity contribution in [2.75, 3.05) is 20.1 Å². The zero-order chi connectivity index (χ0) is 22.1. The number of carbonyl (C=O) groups excluding carboxylic acids is 1. The average molecular weight is 420 g/mol. The van der Waals surface area contributed by atoms with E-state index in [9.17, 15) is 4.79 Å². The maximum absolute atomic E-state index is 12.3. The van der Waals surface area contributed by atoms with E-state index in [0.29, 0.717) is 24.5 Å². The molecule has 2 aromatic rings. The fourth-order valence-electron chi connectivity index (χ4n) is 3.70. The van der Waals surface area contributed by atoms with Gasteiger partial charge in [0.1, 0.15) is 5.75 Å². The van der Waals surface area contributed by atoms with Crippen molar-refractivity contribution in [2.45, 2.75) is 38.5 Å². The molecule has 1 amide bonds. The molecular formula is C26H33N3O2. The lowest BCUT2D eigenvalue weighted by Crippen LogP contribution is -2.26. The highest BCUT2D eigenvalue weighted by atomic mass is 16.5. The summed E-state index contributed by atoms with van der Waals surface area (Å²) in [5.74, 6) is 1.64. The van der Waals surface area contributed by atoms with Gasteiger partial charge >= 0.3 is 0 Å². The van der Waals surface area contributed by atoms with Crippen LogP contribution in [0.4, 0.5) is 0 Å². The van der Waals surface area contributed by atoms with Crippen molar-refractivity contribution >= 4 is 5.91 Å². The molecule has 4 N–H and O–H groups in total. The Morgan fingerprint density at radius 2 is 2.03 bits per heavy atom. The van der Waals surface area contributed by atoms with Gasteiger partial charge in [-0.1, -0.05) is 37.3 Å². The molecule has 0 fully saturated rings. The lowest BCUT2D eigenvalue weighted by molar-refractivity contribution is 0.0953. The highest BCUT2D eigenvalue weighted by Crippen LogP contribution is 2.26. The second-order valence-electron chi connectivity index (χ2n) is 7.86. The van der Waals surface area contributed by atoms with E-state index in [0.717, 1.165) is 24.2 Å². The number of hydrogen-bond acceptors (Lipinski definition) is 4. The number of nitrogens with one attached hydrogen (secondary N) is 2. The monoisotopic (exact) mass is 419 g/mol. The molecule has 0 aliphatic heterocycles. The van der Waals surface area contributed by atoms with Gasteiger partial charge in [-0.25, -0.2) is 0 Å². The van der Waals surface area contributed by atoms with Crippen LogP contribution in [-0.2, 0) is 12.8 Å². The number of nitrogens with two attached hydrogens (primary N) is 1. The molecule has 3 rings (SSSR count). The summed E-state index contributed by atoms with van der Waals surface area (Å²) >= 11 is 0. The van der Waals surface area contributed by atoms with E-state index in [2.05, 4.69) is 35.8 Å². The van der Waals surface area contributed by atoms with Crippen LogP contribution < -0.4 is 21.1 Å². The van der Waals surface area contributed by atoms with Crippen LogP contribution >= 0.6 is 0 Å². The molecule has 31 heavy (non-hydrogen) atoms. The van der Waals surface area contributed by atoms with E-state index in [4.69, 9.17) is 10.5 Å². The zero-order valence-corrected chi connectivity index (χ0v) is 18.5. The first kappa shape index (κ1) is 22.6. The van der Waals surface area contributed by atoms with Crippen LogP contribution in [0.3, 0.4) is 0 Å². The van der Waals surface area contributed by atoms with Crippen LogP contribution in [0.1, 0.15) is 52.7 Å². The highest BCUT2D eigenvalue weighted by Gasteiger charge is 2.12. The number of aryl methyl sites for hydroxylation is 2. The first-order valence-electron chi connectivity index (χ1n) is 11.0. The summed E-state index contributed by atoms with van der Waals surface area (Å²) in [7, 11) is 1.85. The molecule has 1 aliphatic carbocycles. The van der Waals surface area contributed by atoms with Gasteiger partial charge < -0.3 is 21.1 Å². The van der Waals surface area contributed by atoms with Gasteiger partial charge in [-0.05, 0) is 85.2 Å². The summed E-state index contributed by atoms with van der Waals surface area (Å²) in [6, 6.07) is 14.1. The lowest BCUT2D eigenvalue weighted by atomic mass is 9.98. The molecule has 1 aliphatic rings. The van der Waals surface area contributed by atoms with Crippen LogP contribution in [0.5, 0.6) is 5.75 Å². The molecule has 5 nitrogen and oxygen atoms in total. The zero-order valence-electron chi connectivity index (χ0n) is 18.5. The van der Waals surface area contributed by atoms with E-state index >= 15 is 0 Å². The molecule has 2 aromatic carbocycles. The number of hydrogen-bond donors (Lipinski definition) is 3. The highest BCUT2D eigenvalue weighted by molar-refractivity contribution is 5.94. The van der Waals surface area contributed by atoms with Crippen LogP contribution in [0, 0.1) is 0 Å². The third kappa shape index (κ3) is 6.46. The van der Waals surface area contributed by atoms with Crippen LogP contribution in [0.25, 0.3) is 0 Å². The van der Waals surface area contributed by atoms with E-state index in [1.165, 1.54) is 24.0 Å². The molecule has 0 bridgehead atoms. The Morgan fingerprint density at radius 1 is 1.19 bits per heavy atom. The fourth-order valence-corrected chi connectivity index (χ4v) is 3.70. The van der Waals surface area contributed by atoms with Crippen LogP contribution in [0.2, 0.25) is 0 Å². The van der Waals surface area contributed by atoms with Crippen molar-refractivity contribution < 1.29 is 9.53 Å². The Kier molecular flexibility index (Phi) is 8.30. The number of carbonyl (C=O) groups is 1. The van der Waals surface area contributed by atoms with Gasteiger partial charge in [0.2, 0.25) is 0 Å². The number of benzene rings is 2. The lowest BCUT2D eigenvalue weighted by Gasteiger charge is -2.11. The summed E-state index contributed by atoms with van der Waals surface area (Å²) in [4.78, 5) is 12.3. The SMILES string of the molecule is CN/C(=C\C=C/C(C)c1cccc(C(=O)NCCCN)c1)Oc1ccc2c(c1)CCC2. The third-order valence-corrected chi connectivity index (χ3v) is 5.53. The number of rotatable bonds is 10. The second kappa shape index (κ2) is 11.4. The van der Waals surface area contributed by atoms with Crippen molar-refractivity contribution in [3.05, 3.63) is 88.8 Å². The molecule has 0 radical (unpaired) electrons. The van der Waals surface area contributed by atoms with Gasteiger partial charge in [-0.2, -0.15) is 0 Å². The maximum Gasteiger partial charge on any atom is 0.251 e.